The fraction of sp³-hybridized carbons (Fsp3) is 0.300. The first kappa shape index (κ1) is 10.4. The normalized spacial score (nSPS) is 10.9. The summed E-state index contributed by atoms with van der Waals surface area (Å²) in [4.78, 5) is 0. The Labute approximate surface area is 96.2 Å². The third-order valence-corrected chi connectivity index (χ3v) is 3.10. The van der Waals surface area contributed by atoms with Gasteiger partial charge in [-0.2, -0.15) is 5.10 Å². The molecule has 2 aromatic heterocycles. The summed E-state index contributed by atoms with van der Waals surface area (Å²) in [5.41, 5.74) is 7.38. The molecule has 0 fully saturated rings. The van der Waals surface area contributed by atoms with E-state index in [0.29, 0.717) is 6.54 Å². The lowest BCUT2D eigenvalue weighted by atomic mass is 10.3. The highest BCUT2D eigenvalue weighted by atomic mass is 79.9. The molecule has 2 heterocycles. The first-order valence-electron chi connectivity index (χ1n) is 4.61. The molecule has 0 spiro atoms. The van der Waals surface area contributed by atoms with E-state index in [1.807, 2.05) is 26.1 Å². The lowest BCUT2D eigenvalue weighted by Gasteiger charge is -1.95. The van der Waals surface area contributed by atoms with Gasteiger partial charge in [0.15, 0.2) is 5.76 Å². The van der Waals surface area contributed by atoms with Crippen LogP contribution in [0.5, 0.6) is 0 Å². The second-order valence-electron chi connectivity index (χ2n) is 3.35. The van der Waals surface area contributed by atoms with Gasteiger partial charge < -0.3 is 10.2 Å². The topological polar surface area (TPSA) is 57.0 Å². The molecule has 80 valence electrons. The van der Waals surface area contributed by atoms with E-state index in [1.54, 1.807) is 4.68 Å². The Morgan fingerprint density at radius 3 is 2.73 bits per heavy atom. The fourth-order valence-corrected chi connectivity index (χ4v) is 2.17. The molecular formula is C10H12BrN3O. The van der Waals surface area contributed by atoms with Gasteiger partial charge in [-0.25, -0.2) is 0 Å². The van der Waals surface area contributed by atoms with Crippen molar-refractivity contribution in [2.45, 2.75) is 13.5 Å². The number of aromatic nitrogens is 2. The molecule has 0 aliphatic carbocycles. The van der Waals surface area contributed by atoms with Gasteiger partial charge in [0.1, 0.15) is 11.5 Å². The molecule has 0 saturated carbocycles. The van der Waals surface area contributed by atoms with Crippen molar-refractivity contribution < 1.29 is 4.42 Å². The summed E-state index contributed by atoms with van der Waals surface area (Å²) in [5, 5.41) is 4.36. The molecule has 0 bridgehead atoms. The Morgan fingerprint density at radius 2 is 2.27 bits per heavy atom. The van der Waals surface area contributed by atoms with Gasteiger partial charge in [0.05, 0.1) is 10.2 Å². The minimum Gasteiger partial charge on any atom is -0.460 e. The quantitative estimate of drug-likeness (QED) is 0.910. The van der Waals surface area contributed by atoms with Gasteiger partial charge >= 0.3 is 0 Å². The Morgan fingerprint density at radius 1 is 1.53 bits per heavy atom. The highest BCUT2D eigenvalue weighted by Gasteiger charge is 2.16. The fourth-order valence-electron chi connectivity index (χ4n) is 1.47. The Bertz CT molecular complexity index is 487. The van der Waals surface area contributed by atoms with E-state index in [-0.39, 0.29) is 0 Å². The molecule has 2 N–H and O–H groups in total. The highest BCUT2D eigenvalue weighted by molar-refractivity contribution is 9.10. The van der Waals surface area contributed by atoms with Crippen LogP contribution in [-0.2, 0) is 13.6 Å². The molecule has 2 rings (SSSR count). The zero-order chi connectivity index (χ0) is 11.0. The third kappa shape index (κ3) is 1.72. The van der Waals surface area contributed by atoms with Gasteiger partial charge in [0.2, 0.25) is 0 Å². The summed E-state index contributed by atoms with van der Waals surface area (Å²) in [7, 11) is 1.87. The number of halogens is 1. The van der Waals surface area contributed by atoms with Gasteiger partial charge in [-0.05, 0) is 35.0 Å². The Kier molecular flexibility index (Phi) is 2.67. The second kappa shape index (κ2) is 3.83. The van der Waals surface area contributed by atoms with Gasteiger partial charge in [-0.3, -0.25) is 4.68 Å². The number of aryl methyl sites for hydroxylation is 2. The van der Waals surface area contributed by atoms with Crippen molar-refractivity contribution in [2.24, 2.45) is 12.8 Å². The lowest BCUT2D eigenvalue weighted by Crippen LogP contribution is -2.04. The maximum atomic E-state index is 5.63. The highest BCUT2D eigenvalue weighted by Crippen LogP contribution is 2.30. The van der Waals surface area contributed by atoms with Crippen LogP contribution < -0.4 is 5.73 Å². The average Bonchev–Trinajstić information content (AvgIpc) is 2.71. The van der Waals surface area contributed by atoms with Crippen molar-refractivity contribution >= 4 is 15.9 Å². The minimum atomic E-state index is 0.448. The van der Waals surface area contributed by atoms with Crippen molar-refractivity contribution in [3.8, 4) is 11.5 Å². The largest absolute Gasteiger partial charge is 0.460 e. The minimum absolute atomic E-state index is 0.448. The summed E-state index contributed by atoms with van der Waals surface area (Å²) in [6.07, 6.45) is 0. The molecule has 15 heavy (non-hydrogen) atoms. The van der Waals surface area contributed by atoms with E-state index in [2.05, 4.69) is 21.0 Å². The summed E-state index contributed by atoms with van der Waals surface area (Å²) >= 11 is 3.48. The second-order valence-corrected chi connectivity index (χ2v) is 4.14. The molecule has 0 atom stereocenters. The average molecular weight is 270 g/mol. The van der Waals surface area contributed by atoms with E-state index in [9.17, 15) is 0 Å². The molecular weight excluding hydrogens is 258 g/mol. The van der Waals surface area contributed by atoms with Crippen LogP contribution in [0, 0.1) is 6.92 Å². The van der Waals surface area contributed by atoms with Crippen molar-refractivity contribution in [3.63, 3.8) is 0 Å². The lowest BCUT2D eigenvalue weighted by molar-refractivity contribution is 0.544. The Balaban J connectivity index is 2.54. The summed E-state index contributed by atoms with van der Waals surface area (Å²) < 4.78 is 8.18. The van der Waals surface area contributed by atoms with E-state index in [0.717, 1.165) is 27.4 Å². The monoisotopic (exact) mass is 269 g/mol. The maximum Gasteiger partial charge on any atom is 0.155 e. The first-order valence-corrected chi connectivity index (χ1v) is 5.41. The van der Waals surface area contributed by atoms with Crippen molar-refractivity contribution in [2.75, 3.05) is 0 Å². The molecule has 0 radical (unpaired) electrons. The number of nitrogens with zero attached hydrogens (tertiary/aromatic N) is 2. The zero-order valence-corrected chi connectivity index (χ0v) is 10.2. The molecule has 4 nitrogen and oxygen atoms in total. The molecule has 0 aliphatic heterocycles. The number of furan rings is 1. The van der Waals surface area contributed by atoms with Gasteiger partial charge in [0, 0.05) is 13.6 Å². The molecule has 0 saturated heterocycles. The van der Waals surface area contributed by atoms with Crippen LogP contribution in [0.2, 0.25) is 0 Å². The molecule has 5 heteroatoms. The van der Waals surface area contributed by atoms with Crippen LogP contribution >= 0.6 is 15.9 Å². The van der Waals surface area contributed by atoms with Crippen LogP contribution in [0.1, 0.15) is 11.5 Å². The zero-order valence-electron chi connectivity index (χ0n) is 8.62. The van der Waals surface area contributed by atoms with E-state index in [1.165, 1.54) is 0 Å². The number of hydrogen-bond acceptors (Lipinski definition) is 3. The predicted molar refractivity (Wildman–Crippen MR) is 61.2 cm³/mol. The van der Waals surface area contributed by atoms with Crippen LogP contribution in [0.3, 0.4) is 0 Å². The van der Waals surface area contributed by atoms with E-state index < -0.39 is 0 Å². The standard InChI is InChI=1S/C10H12BrN3O/c1-6-3-4-8(15-6)10-9(11)7(5-12)14(2)13-10/h3-4H,5,12H2,1-2H3. The molecule has 0 amide bonds. The van der Waals surface area contributed by atoms with Gasteiger partial charge in [0.25, 0.3) is 0 Å². The first-order chi connectivity index (χ1) is 7.13. The summed E-state index contributed by atoms with van der Waals surface area (Å²) in [6.45, 7) is 2.36. The smallest absolute Gasteiger partial charge is 0.155 e. The summed E-state index contributed by atoms with van der Waals surface area (Å²) in [6, 6.07) is 3.82. The van der Waals surface area contributed by atoms with Gasteiger partial charge in [-0.1, -0.05) is 0 Å². The molecule has 2 aromatic rings. The SMILES string of the molecule is Cc1ccc(-c2nn(C)c(CN)c2Br)o1. The predicted octanol–water partition coefficient (Wildman–Crippen LogP) is 2.21. The van der Waals surface area contributed by atoms with Gasteiger partial charge in [-0.15, -0.1) is 0 Å². The summed E-state index contributed by atoms with van der Waals surface area (Å²) in [5.74, 6) is 1.63. The molecule has 0 unspecified atom stereocenters. The molecule has 0 aromatic carbocycles. The maximum absolute atomic E-state index is 5.63. The van der Waals surface area contributed by atoms with Crippen molar-refractivity contribution in [1.82, 2.24) is 9.78 Å². The Hall–Kier alpha value is -1.07. The van der Waals surface area contributed by atoms with Crippen LogP contribution in [0.25, 0.3) is 11.5 Å². The number of hydrogen-bond donors (Lipinski definition) is 1. The van der Waals surface area contributed by atoms with Crippen molar-refractivity contribution in [1.29, 1.82) is 0 Å². The van der Waals surface area contributed by atoms with Crippen LogP contribution in [0.15, 0.2) is 21.0 Å². The number of nitrogens with two attached hydrogens (primary N) is 1. The van der Waals surface area contributed by atoms with E-state index in [4.69, 9.17) is 10.2 Å². The van der Waals surface area contributed by atoms with E-state index >= 15 is 0 Å². The third-order valence-electron chi connectivity index (χ3n) is 2.27. The molecule has 0 aliphatic rings. The van der Waals surface area contributed by atoms with Crippen LogP contribution in [-0.4, -0.2) is 9.78 Å². The number of rotatable bonds is 2. The van der Waals surface area contributed by atoms with Crippen LogP contribution in [0.4, 0.5) is 0 Å². The van der Waals surface area contributed by atoms with Crippen molar-refractivity contribution in [3.05, 3.63) is 28.1 Å².